The van der Waals surface area contributed by atoms with Gasteiger partial charge in [-0.2, -0.15) is 0 Å². The number of pyridine rings is 1. The molecule has 0 aliphatic rings. The predicted molar refractivity (Wildman–Crippen MR) is 74.0 cm³/mol. The van der Waals surface area contributed by atoms with Crippen molar-refractivity contribution in [3.63, 3.8) is 0 Å². The van der Waals surface area contributed by atoms with Crippen molar-refractivity contribution in [1.29, 1.82) is 0 Å². The van der Waals surface area contributed by atoms with Gasteiger partial charge >= 0.3 is 0 Å². The van der Waals surface area contributed by atoms with Crippen molar-refractivity contribution in [3.05, 3.63) is 63.4 Å². The number of aryl methyl sites for hydroxylation is 3. The normalized spacial score (nSPS) is 12.5. The molecule has 1 unspecified atom stereocenters. The fraction of sp³-hybridized carbons (Fsp3) is 0.267. The second kappa shape index (κ2) is 5.09. The van der Waals surface area contributed by atoms with Gasteiger partial charge in [-0.1, -0.05) is 23.7 Å². The van der Waals surface area contributed by atoms with Gasteiger partial charge in [0.25, 0.3) is 0 Å². The van der Waals surface area contributed by atoms with Crippen molar-refractivity contribution in [2.75, 3.05) is 0 Å². The summed E-state index contributed by atoms with van der Waals surface area (Å²) in [5.74, 6) is 0. The third-order valence-corrected chi connectivity index (χ3v) is 3.54. The van der Waals surface area contributed by atoms with Crippen LogP contribution in [0.4, 0.5) is 0 Å². The monoisotopic (exact) mass is 261 g/mol. The van der Waals surface area contributed by atoms with E-state index in [4.69, 9.17) is 11.6 Å². The molecule has 1 aromatic carbocycles. The first-order chi connectivity index (χ1) is 8.50. The summed E-state index contributed by atoms with van der Waals surface area (Å²) < 4.78 is 0. The Hall–Kier alpha value is -1.38. The van der Waals surface area contributed by atoms with Crippen molar-refractivity contribution in [1.82, 2.24) is 4.98 Å². The highest BCUT2D eigenvalue weighted by Crippen LogP contribution is 2.29. The van der Waals surface area contributed by atoms with E-state index in [1.54, 1.807) is 18.3 Å². The number of aliphatic hydroxyl groups is 1. The van der Waals surface area contributed by atoms with E-state index >= 15 is 0 Å². The average Bonchev–Trinajstić information content (AvgIpc) is 2.33. The second-order valence-electron chi connectivity index (χ2n) is 4.57. The first-order valence-corrected chi connectivity index (χ1v) is 6.24. The van der Waals surface area contributed by atoms with Gasteiger partial charge in [0.05, 0.1) is 10.7 Å². The molecule has 94 valence electrons. The van der Waals surface area contributed by atoms with Crippen molar-refractivity contribution < 1.29 is 5.11 Å². The van der Waals surface area contributed by atoms with Gasteiger partial charge in [-0.25, -0.2) is 0 Å². The Kier molecular flexibility index (Phi) is 3.69. The summed E-state index contributed by atoms with van der Waals surface area (Å²) in [7, 11) is 0. The molecule has 1 N–H and O–H groups in total. The molecule has 0 spiro atoms. The van der Waals surface area contributed by atoms with E-state index in [1.165, 1.54) is 5.56 Å². The van der Waals surface area contributed by atoms with Gasteiger partial charge in [0.1, 0.15) is 6.10 Å². The van der Waals surface area contributed by atoms with E-state index in [0.29, 0.717) is 10.7 Å². The zero-order valence-electron chi connectivity index (χ0n) is 10.7. The van der Waals surface area contributed by atoms with Gasteiger partial charge in [0.2, 0.25) is 0 Å². The van der Waals surface area contributed by atoms with Crippen LogP contribution >= 0.6 is 11.6 Å². The van der Waals surface area contributed by atoms with Gasteiger partial charge in [-0.15, -0.1) is 0 Å². The lowest BCUT2D eigenvalue weighted by molar-refractivity contribution is 0.214. The largest absolute Gasteiger partial charge is 0.382 e. The molecule has 1 heterocycles. The molecule has 2 rings (SSSR count). The Morgan fingerprint density at radius 1 is 1.11 bits per heavy atom. The summed E-state index contributed by atoms with van der Waals surface area (Å²) in [5, 5.41) is 10.9. The van der Waals surface area contributed by atoms with Crippen molar-refractivity contribution in [2.45, 2.75) is 26.9 Å². The molecule has 2 nitrogen and oxygen atoms in total. The summed E-state index contributed by atoms with van der Waals surface area (Å²) in [5.41, 5.74) is 4.79. The standard InChI is InChI=1S/C15H16ClNO/c1-9-7-11(3)12(8-10(9)2)15(18)14-13(16)5-4-6-17-14/h4-8,15,18H,1-3H3. The number of aromatic nitrogens is 1. The highest BCUT2D eigenvalue weighted by atomic mass is 35.5. The molecule has 18 heavy (non-hydrogen) atoms. The van der Waals surface area contributed by atoms with Crippen LogP contribution in [0, 0.1) is 20.8 Å². The molecule has 2 aromatic rings. The van der Waals surface area contributed by atoms with Gasteiger partial charge in [0.15, 0.2) is 0 Å². The molecular formula is C15H16ClNO. The molecular weight excluding hydrogens is 246 g/mol. The Morgan fingerprint density at radius 3 is 2.44 bits per heavy atom. The fourth-order valence-corrected chi connectivity index (χ4v) is 2.25. The minimum absolute atomic E-state index is 0.489. The summed E-state index contributed by atoms with van der Waals surface area (Å²) in [4.78, 5) is 4.17. The maximum Gasteiger partial charge on any atom is 0.123 e. The maximum atomic E-state index is 10.4. The van der Waals surface area contributed by atoms with Crippen LogP contribution in [0.25, 0.3) is 0 Å². The fourth-order valence-electron chi connectivity index (χ4n) is 2.02. The summed E-state index contributed by atoms with van der Waals surface area (Å²) in [6.45, 7) is 6.08. The zero-order valence-corrected chi connectivity index (χ0v) is 11.5. The average molecular weight is 262 g/mol. The minimum Gasteiger partial charge on any atom is -0.382 e. The first kappa shape index (κ1) is 13.1. The van der Waals surface area contributed by atoms with Gasteiger partial charge < -0.3 is 5.11 Å². The highest BCUT2D eigenvalue weighted by molar-refractivity contribution is 6.31. The van der Waals surface area contributed by atoms with Gasteiger partial charge in [0, 0.05) is 6.20 Å². The number of hydrogen-bond acceptors (Lipinski definition) is 2. The summed E-state index contributed by atoms with van der Waals surface area (Å²) in [6.07, 6.45) is 0.860. The summed E-state index contributed by atoms with van der Waals surface area (Å²) in [6, 6.07) is 7.57. The van der Waals surface area contributed by atoms with Crippen LogP contribution in [0.1, 0.15) is 34.1 Å². The lowest BCUT2D eigenvalue weighted by Crippen LogP contribution is -2.06. The number of hydrogen-bond donors (Lipinski definition) is 1. The summed E-state index contributed by atoms with van der Waals surface area (Å²) >= 11 is 6.07. The van der Waals surface area contributed by atoms with Crippen LogP contribution in [0.5, 0.6) is 0 Å². The van der Waals surface area contributed by atoms with E-state index < -0.39 is 6.10 Å². The van der Waals surface area contributed by atoms with Gasteiger partial charge in [-0.05, 0) is 55.2 Å². The Bertz CT molecular complexity index is 581. The number of halogens is 1. The topological polar surface area (TPSA) is 33.1 Å². The van der Waals surface area contributed by atoms with Crippen LogP contribution in [0.15, 0.2) is 30.5 Å². The molecule has 1 atom stereocenters. The smallest absolute Gasteiger partial charge is 0.123 e. The van der Waals surface area contributed by atoms with Crippen molar-refractivity contribution in [2.24, 2.45) is 0 Å². The predicted octanol–water partition coefficient (Wildman–Crippen LogP) is 3.74. The Labute approximate surface area is 112 Å². The van der Waals surface area contributed by atoms with Crippen LogP contribution < -0.4 is 0 Å². The Balaban J connectivity index is 2.50. The third-order valence-electron chi connectivity index (χ3n) is 3.22. The maximum absolute atomic E-state index is 10.4. The molecule has 0 saturated carbocycles. The molecule has 0 aliphatic heterocycles. The van der Waals surface area contributed by atoms with Crippen LogP contribution in [-0.2, 0) is 0 Å². The van der Waals surface area contributed by atoms with E-state index in [9.17, 15) is 5.11 Å². The minimum atomic E-state index is -0.780. The molecule has 0 bridgehead atoms. The molecule has 0 amide bonds. The van der Waals surface area contributed by atoms with Crippen molar-refractivity contribution in [3.8, 4) is 0 Å². The third kappa shape index (κ3) is 2.40. The zero-order chi connectivity index (χ0) is 13.3. The van der Waals surface area contributed by atoms with E-state index in [-0.39, 0.29) is 0 Å². The molecule has 0 radical (unpaired) electrons. The quantitative estimate of drug-likeness (QED) is 0.893. The first-order valence-electron chi connectivity index (χ1n) is 5.87. The Morgan fingerprint density at radius 2 is 1.78 bits per heavy atom. The second-order valence-corrected chi connectivity index (χ2v) is 4.97. The molecule has 0 fully saturated rings. The van der Waals surface area contributed by atoms with E-state index in [1.807, 2.05) is 19.9 Å². The molecule has 3 heteroatoms. The van der Waals surface area contributed by atoms with Crippen LogP contribution in [0.3, 0.4) is 0 Å². The number of nitrogens with zero attached hydrogens (tertiary/aromatic N) is 1. The molecule has 1 aromatic heterocycles. The van der Waals surface area contributed by atoms with E-state index in [0.717, 1.165) is 16.7 Å². The van der Waals surface area contributed by atoms with E-state index in [2.05, 4.69) is 18.0 Å². The SMILES string of the molecule is Cc1cc(C)c(C(O)c2ncccc2Cl)cc1C. The number of rotatable bonds is 2. The van der Waals surface area contributed by atoms with Crippen molar-refractivity contribution >= 4 is 11.6 Å². The number of aliphatic hydroxyl groups excluding tert-OH is 1. The number of benzene rings is 1. The lowest BCUT2D eigenvalue weighted by atomic mass is 9.95. The van der Waals surface area contributed by atoms with Gasteiger partial charge in [-0.3, -0.25) is 4.98 Å². The lowest BCUT2D eigenvalue weighted by Gasteiger charge is -2.16. The molecule has 0 aliphatic carbocycles. The van der Waals surface area contributed by atoms with Crippen LogP contribution in [0.2, 0.25) is 5.02 Å². The van der Waals surface area contributed by atoms with Crippen LogP contribution in [-0.4, -0.2) is 10.1 Å². The molecule has 0 saturated heterocycles. The highest BCUT2D eigenvalue weighted by Gasteiger charge is 2.17.